The number of carbonyl (C=O) groups is 1. The Balaban J connectivity index is 1.54. The minimum Gasteiger partial charge on any atom is -0.423 e. The first-order chi connectivity index (χ1) is 14.4. The summed E-state index contributed by atoms with van der Waals surface area (Å²) in [5.41, 5.74) is 3.87. The number of aromatic nitrogens is 1. The van der Waals surface area contributed by atoms with Crippen molar-refractivity contribution in [1.29, 1.82) is 0 Å². The van der Waals surface area contributed by atoms with Crippen molar-refractivity contribution in [3.8, 4) is 0 Å². The average Bonchev–Trinajstić information content (AvgIpc) is 3.09. The van der Waals surface area contributed by atoms with E-state index in [0.29, 0.717) is 29.0 Å². The van der Waals surface area contributed by atoms with E-state index in [2.05, 4.69) is 29.5 Å². The van der Waals surface area contributed by atoms with Gasteiger partial charge in [-0.15, -0.1) is 0 Å². The van der Waals surface area contributed by atoms with Crippen LogP contribution in [0.4, 0.5) is 6.01 Å². The molecule has 30 heavy (non-hydrogen) atoms. The third-order valence-corrected chi connectivity index (χ3v) is 5.68. The second-order valence-electron chi connectivity index (χ2n) is 8.50. The van der Waals surface area contributed by atoms with Crippen molar-refractivity contribution in [3.05, 3.63) is 70.4 Å². The Hall–Kier alpha value is -3.12. The van der Waals surface area contributed by atoms with E-state index in [1.54, 1.807) is 0 Å². The van der Waals surface area contributed by atoms with E-state index in [1.807, 2.05) is 48.5 Å². The van der Waals surface area contributed by atoms with E-state index in [9.17, 15) is 4.79 Å². The summed E-state index contributed by atoms with van der Waals surface area (Å²) >= 11 is 6.07. The van der Waals surface area contributed by atoms with Gasteiger partial charge in [-0.25, -0.2) is 4.99 Å². The fourth-order valence-electron chi connectivity index (χ4n) is 4.11. The van der Waals surface area contributed by atoms with Gasteiger partial charge in [-0.2, -0.15) is 4.98 Å². The molecule has 2 aromatic carbocycles. The molecule has 0 saturated carbocycles. The molecule has 0 amide bonds. The van der Waals surface area contributed by atoms with Gasteiger partial charge in [0.2, 0.25) is 5.96 Å². The van der Waals surface area contributed by atoms with Gasteiger partial charge in [-0.3, -0.25) is 10.1 Å². The number of Topliss-reactive ketones (excluding diaryl/α,β-unsaturated/α-hetero) is 1. The molecular weight excluding hydrogens is 400 g/mol. The summed E-state index contributed by atoms with van der Waals surface area (Å²) in [6.07, 6.45) is 1.26. The molecule has 0 spiro atoms. The number of para-hydroxylation sites is 2. The van der Waals surface area contributed by atoms with Gasteiger partial charge < -0.3 is 9.73 Å². The van der Waals surface area contributed by atoms with Crippen molar-refractivity contribution < 1.29 is 9.21 Å². The summed E-state index contributed by atoms with van der Waals surface area (Å²) in [7, 11) is 0. The number of fused-ring (bicyclic) bond motifs is 1. The highest BCUT2D eigenvalue weighted by atomic mass is 35.5. The SMILES string of the molecule is CC1(C)CC(=O)C2=C(C1)NC(Nc1nc3ccccc3o1)=N[C@H]2c1ccc(Cl)cc1. The number of oxazole rings is 1. The van der Waals surface area contributed by atoms with Crippen molar-refractivity contribution in [1.82, 2.24) is 10.3 Å². The van der Waals surface area contributed by atoms with Gasteiger partial charge in [0.25, 0.3) is 0 Å². The summed E-state index contributed by atoms with van der Waals surface area (Å²) in [6, 6.07) is 15.0. The number of benzene rings is 2. The highest BCUT2D eigenvalue weighted by Crippen LogP contribution is 2.43. The zero-order valence-corrected chi connectivity index (χ0v) is 17.5. The summed E-state index contributed by atoms with van der Waals surface area (Å²) in [5.74, 6) is 0.629. The lowest BCUT2D eigenvalue weighted by Crippen LogP contribution is -2.41. The minimum atomic E-state index is -0.408. The second kappa shape index (κ2) is 6.99. The second-order valence-corrected chi connectivity index (χ2v) is 8.94. The molecule has 2 aliphatic rings. The molecule has 2 N–H and O–H groups in total. The number of carbonyl (C=O) groups excluding carboxylic acids is 1. The molecule has 0 saturated heterocycles. The molecule has 7 heteroatoms. The Morgan fingerprint density at radius 1 is 1.13 bits per heavy atom. The van der Waals surface area contributed by atoms with Crippen LogP contribution in [0, 0.1) is 5.41 Å². The topological polar surface area (TPSA) is 79.5 Å². The highest BCUT2D eigenvalue weighted by molar-refractivity contribution is 6.30. The van der Waals surface area contributed by atoms with Crippen LogP contribution in [0.2, 0.25) is 5.02 Å². The molecule has 6 nitrogen and oxygen atoms in total. The first kappa shape index (κ1) is 18.9. The highest BCUT2D eigenvalue weighted by Gasteiger charge is 2.39. The molecule has 0 bridgehead atoms. The minimum absolute atomic E-state index is 0.118. The van der Waals surface area contributed by atoms with Gasteiger partial charge >= 0.3 is 6.01 Å². The Labute approximate surface area is 179 Å². The largest absolute Gasteiger partial charge is 0.423 e. The monoisotopic (exact) mass is 420 g/mol. The third-order valence-electron chi connectivity index (χ3n) is 5.43. The molecule has 5 rings (SSSR count). The molecule has 3 aromatic rings. The number of ketones is 1. The van der Waals surface area contributed by atoms with Crippen molar-refractivity contribution in [2.45, 2.75) is 32.7 Å². The lowest BCUT2D eigenvalue weighted by molar-refractivity contribution is -0.118. The van der Waals surface area contributed by atoms with Gasteiger partial charge in [-0.1, -0.05) is 49.7 Å². The molecule has 0 fully saturated rings. The van der Waals surface area contributed by atoms with Crippen LogP contribution in [-0.4, -0.2) is 16.7 Å². The van der Waals surface area contributed by atoms with Gasteiger partial charge in [0.05, 0.1) is 0 Å². The van der Waals surface area contributed by atoms with Gasteiger partial charge in [0.1, 0.15) is 11.6 Å². The fraction of sp³-hybridized carbons (Fsp3) is 0.261. The molecule has 0 unspecified atom stereocenters. The zero-order chi connectivity index (χ0) is 20.9. The van der Waals surface area contributed by atoms with Crippen molar-refractivity contribution in [2.24, 2.45) is 10.4 Å². The number of rotatable bonds is 2. The Morgan fingerprint density at radius 2 is 1.90 bits per heavy atom. The zero-order valence-electron chi connectivity index (χ0n) is 16.7. The van der Waals surface area contributed by atoms with E-state index in [4.69, 9.17) is 21.0 Å². The van der Waals surface area contributed by atoms with E-state index >= 15 is 0 Å². The smallest absolute Gasteiger partial charge is 0.302 e. The molecule has 2 heterocycles. The number of guanidine groups is 1. The van der Waals surface area contributed by atoms with Crippen molar-refractivity contribution >= 4 is 40.5 Å². The summed E-state index contributed by atoms with van der Waals surface area (Å²) in [6.45, 7) is 4.21. The number of allylic oxidation sites excluding steroid dienone is 1. The van der Waals surface area contributed by atoms with Crippen LogP contribution >= 0.6 is 11.6 Å². The lowest BCUT2D eigenvalue weighted by atomic mass is 9.73. The van der Waals surface area contributed by atoms with Crippen LogP contribution < -0.4 is 10.6 Å². The quantitative estimate of drug-likeness (QED) is 0.592. The van der Waals surface area contributed by atoms with Gasteiger partial charge in [0, 0.05) is 22.7 Å². The molecule has 1 aliphatic heterocycles. The van der Waals surface area contributed by atoms with Crippen LogP contribution in [0.3, 0.4) is 0 Å². The number of halogens is 1. The van der Waals surface area contributed by atoms with E-state index in [1.165, 1.54) is 0 Å². The molecular formula is C23H21ClN4O2. The van der Waals surface area contributed by atoms with Crippen LogP contribution in [-0.2, 0) is 4.79 Å². The summed E-state index contributed by atoms with van der Waals surface area (Å²) < 4.78 is 5.78. The number of nitrogens with zero attached hydrogens (tertiary/aromatic N) is 2. The predicted molar refractivity (Wildman–Crippen MR) is 117 cm³/mol. The maximum absolute atomic E-state index is 13.0. The Morgan fingerprint density at radius 3 is 2.67 bits per heavy atom. The molecule has 0 radical (unpaired) electrons. The van der Waals surface area contributed by atoms with Crippen LogP contribution in [0.1, 0.15) is 38.3 Å². The number of nitrogens with one attached hydrogen (secondary N) is 2. The molecule has 1 aromatic heterocycles. The first-order valence-electron chi connectivity index (χ1n) is 9.87. The lowest BCUT2D eigenvalue weighted by Gasteiger charge is -2.37. The van der Waals surface area contributed by atoms with Gasteiger partial charge in [-0.05, 0) is 41.7 Å². The van der Waals surface area contributed by atoms with E-state index < -0.39 is 6.04 Å². The predicted octanol–water partition coefficient (Wildman–Crippen LogP) is 5.24. The number of hydrogen-bond donors (Lipinski definition) is 2. The maximum Gasteiger partial charge on any atom is 0.302 e. The summed E-state index contributed by atoms with van der Waals surface area (Å²) in [5, 5.41) is 7.11. The fourth-order valence-corrected chi connectivity index (χ4v) is 4.24. The number of aliphatic imine (C=N–C) groups is 1. The van der Waals surface area contributed by atoms with E-state index in [-0.39, 0.29) is 11.2 Å². The summed E-state index contributed by atoms with van der Waals surface area (Å²) in [4.78, 5) is 22.3. The maximum atomic E-state index is 13.0. The van der Waals surface area contributed by atoms with Crippen LogP contribution in [0.15, 0.2) is 69.2 Å². The normalized spacial score (nSPS) is 20.6. The average molecular weight is 421 g/mol. The first-order valence-corrected chi connectivity index (χ1v) is 10.2. The van der Waals surface area contributed by atoms with Crippen molar-refractivity contribution in [2.75, 3.05) is 5.32 Å². The number of hydrogen-bond acceptors (Lipinski definition) is 6. The van der Waals surface area contributed by atoms with E-state index in [0.717, 1.165) is 28.8 Å². The van der Waals surface area contributed by atoms with Crippen molar-refractivity contribution in [3.63, 3.8) is 0 Å². The van der Waals surface area contributed by atoms with Crippen LogP contribution in [0.5, 0.6) is 0 Å². The molecule has 152 valence electrons. The Bertz CT molecular complexity index is 1170. The van der Waals surface area contributed by atoms with Crippen LogP contribution in [0.25, 0.3) is 11.1 Å². The Kier molecular flexibility index (Phi) is 4.40. The van der Waals surface area contributed by atoms with Gasteiger partial charge in [0.15, 0.2) is 11.4 Å². The standard InChI is InChI=1S/C23H21ClN4O2/c1-23(2)11-16-19(17(29)12-23)20(13-7-9-14(24)10-8-13)27-21(25-16)28-22-26-15-5-3-4-6-18(15)30-22/h3-10,20H,11-12H2,1-2H3,(H2,25,26,27,28)/t20-/m0/s1. The third kappa shape index (κ3) is 3.48. The molecule has 1 aliphatic carbocycles. The number of anilines is 1. The molecule has 1 atom stereocenters.